The summed E-state index contributed by atoms with van der Waals surface area (Å²) in [5.41, 5.74) is 0. The minimum absolute atomic E-state index is 0.0447. The van der Waals surface area contributed by atoms with Crippen molar-refractivity contribution >= 4 is 27.7 Å². The zero-order valence-electron chi connectivity index (χ0n) is 12.7. The second-order valence-electron chi connectivity index (χ2n) is 5.33. The molecule has 0 saturated carbocycles. The molecule has 6 nitrogen and oxygen atoms in total. The number of rotatable bonds is 9. The van der Waals surface area contributed by atoms with Gasteiger partial charge in [-0.15, -0.1) is 0 Å². The molecule has 0 fully saturated rings. The van der Waals surface area contributed by atoms with Gasteiger partial charge in [0.25, 0.3) is 0 Å². The highest BCUT2D eigenvalue weighted by Crippen LogP contribution is 2.12. The molecule has 0 bridgehead atoms. The van der Waals surface area contributed by atoms with Crippen molar-refractivity contribution in [3.63, 3.8) is 0 Å². The molecule has 3 unspecified atom stereocenters. The van der Waals surface area contributed by atoms with E-state index in [-0.39, 0.29) is 29.7 Å². The minimum Gasteiger partial charge on any atom is -0.395 e. The summed E-state index contributed by atoms with van der Waals surface area (Å²) in [7, 11) is -3.45. The van der Waals surface area contributed by atoms with Gasteiger partial charge < -0.3 is 10.4 Å². The van der Waals surface area contributed by atoms with Gasteiger partial charge in [0.15, 0.2) is 0 Å². The average molecular weight is 326 g/mol. The van der Waals surface area contributed by atoms with Crippen molar-refractivity contribution in [1.82, 2.24) is 10.0 Å². The third-order valence-corrected chi connectivity index (χ3v) is 4.67. The van der Waals surface area contributed by atoms with Gasteiger partial charge in [0.1, 0.15) is 6.04 Å². The van der Waals surface area contributed by atoms with Gasteiger partial charge in [-0.1, -0.05) is 13.8 Å². The van der Waals surface area contributed by atoms with Crippen LogP contribution in [0, 0.1) is 5.92 Å². The maximum absolute atomic E-state index is 12.2. The molecule has 0 aromatic heterocycles. The Hall–Kier alpha value is -0.310. The number of aliphatic hydroxyl groups is 1. The molecule has 0 aliphatic rings. The van der Waals surface area contributed by atoms with Crippen molar-refractivity contribution < 1.29 is 18.3 Å². The number of sulfonamides is 1. The number of hydrogen-bond acceptors (Lipinski definition) is 5. The number of nitrogens with one attached hydrogen (secondary N) is 2. The van der Waals surface area contributed by atoms with Gasteiger partial charge in [0.05, 0.1) is 12.9 Å². The fourth-order valence-corrected chi connectivity index (χ4v) is 3.14. The molecule has 3 N–H and O–H groups in total. The molecular weight excluding hydrogens is 300 g/mol. The van der Waals surface area contributed by atoms with E-state index >= 15 is 0 Å². The van der Waals surface area contributed by atoms with Gasteiger partial charge in [-0.05, 0) is 25.5 Å². The molecule has 0 spiro atoms. The smallest absolute Gasteiger partial charge is 0.238 e. The number of carbonyl (C=O) groups excluding carboxylic acids is 1. The molecule has 8 heteroatoms. The molecule has 0 rings (SSSR count). The van der Waals surface area contributed by atoms with Crippen LogP contribution in [0.25, 0.3) is 0 Å². The second kappa shape index (κ2) is 8.86. The molecule has 0 radical (unpaired) electrons. The molecule has 3 atom stereocenters. The average Bonchev–Trinajstić information content (AvgIpc) is 2.27. The first-order valence-electron chi connectivity index (χ1n) is 6.52. The number of thioether (sulfide) groups is 1. The van der Waals surface area contributed by atoms with Gasteiger partial charge >= 0.3 is 0 Å². The largest absolute Gasteiger partial charge is 0.395 e. The highest BCUT2D eigenvalue weighted by molar-refractivity contribution is 7.99. The molecule has 1 amide bonds. The SMILES string of the molecule is CSC(CO)C(C)NC(=O)C(CC(C)C)NS(C)(=O)=O. The van der Waals surface area contributed by atoms with Crippen LogP contribution < -0.4 is 10.0 Å². The predicted molar refractivity (Wildman–Crippen MR) is 83.2 cm³/mol. The van der Waals surface area contributed by atoms with Crippen LogP contribution in [0.4, 0.5) is 0 Å². The molecule has 0 aliphatic heterocycles. The van der Waals surface area contributed by atoms with E-state index in [1.807, 2.05) is 20.1 Å². The Morgan fingerprint density at radius 2 is 1.85 bits per heavy atom. The highest BCUT2D eigenvalue weighted by atomic mass is 32.2. The van der Waals surface area contributed by atoms with Gasteiger partial charge in [0, 0.05) is 11.3 Å². The normalized spacial score (nSPS) is 16.8. The van der Waals surface area contributed by atoms with Crippen molar-refractivity contribution in [2.45, 2.75) is 44.5 Å². The first kappa shape index (κ1) is 19.7. The Balaban J connectivity index is 4.78. The Bertz CT molecular complexity index is 394. The number of aliphatic hydroxyl groups excluding tert-OH is 1. The van der Waals surface area contributed by atoms with E-state index in [2.05, 4.69) is 10.0 Å². The van der Waals surface area contributed by atoms with Crippen LogP contribution in [-0.2, 0) is 14.8 Å². The van der Waals surface area contributed by atoms with E-state index in [1.165, 1.54) is 11.8 Å². The number of hydrogen-bond donors (Lipinski definition) is 3. The van der Waals surface area contributed by atoms with E-state index < -0.39 is 16.1 Å². The number of amides is 1. The summed E-state index contributed by atoms with van der Waals surface area (Å²) in [6, 6.07) is -1.02. The molecule has 0 saturated heterocycles. The van der Waals surface area contributed by atoms with Crippen molar-refractivity contribution in [1.29, 1.82) is 0 Å². The fraction of sp³-hybridized carbons (Fsp3) is 0.917. The van der Waals surface area contributed by atoms with Crippen LogP contribution >= 0.6 is 11.8 Å². The third kappa shape index (κ3) is 8.08. The maximum Gasteiger partial charge on any atom is 0.238 e. The Kier molecular flexibility index (Phi) is 8.72. The van der Waals surface area contributed by atoms with Crippen LogP contribution in [-0.4, -0.2) is 55.9 Å². The van der Waals surface area contributed by atoms with Crippen LogP contribution in [0.2, 0.25) is 0 Å². The third-order valence-electron chi connectivity index (χ3n) is 2.79. The second-order valence-corrected chi connectivity index (χ2v) is 8.18. The van der Waals surface area contributed by atoms with E-state index in [4.69, 9.17) is 0 Å². The lowest BCUT2D eigenvalue weighted by atomic mass is 10.0. The zero-order valence-corrected chi connectivity index (χ0v) is 14.3. The first-order valence-corrected chi connectivity index (χ1v) is 9.70. The van der Waals surface area contributed by atoms with Crippen LogP contribution in [0.3, 0.4) is 0 Å². The molecule has 0 aromatic carbocycles. The molecule has 0 aromatic rings. The van der Waals surface area contributed by atoms with Gasteiger partial charge in [-0.3, -0.25) is 4.79 Å². The highest BCUT2D eigenvalue weighted by Gasteiger charge is 2.26. The quantitative estimate of drug-likeness (QED) is 0.562. The summed E-state index contributed by atoms with van der Waals surface area (Å²) in [5, 5.41) is 11.8. The minimum atomic E-state index is -3.45. The van der Waals surface area contributed by atoms with E-state index in [0.29, 0.717) is 6.42 Å². The van der Waals surface area contributed by atoms with Crippen LogP contribution in [0.1, 0.15) is 27.2 Å². The van der Waals surface area contributed by atoms with Gasteiger partial charge in [-0.25, -0.2) is 13.1 Å². The monoisotopic (exact) mass is 326 g/mol. The molecule has 0 heterocycles. The topological polar surface area (TPSA) is 95.5 Å². The van der Waals surface area contributed by atoms with Crippen molar-refractivity contribution in [2.24, 2.45) is 5.92 Å². The first-order chi connectivity index (χ1) is 9.10. The van der Waals surface area contributed by atoms with Crippen LogP contribution in [0.5, 0.6) is 0 Å². The zero-order chi connectivity index (χ0) is 15.9. The van der Waals surface area contributed by atoms with Gasteiger partial charge in [-0.2, -0.15) is 11.8 Å². The van der Waals surface area contributed by atoms with Gasteiger partial charge in [0.2, 0.25) is 15.9 Å². The summed E-state index contributed by atoms with van der Waals surface area (Å²) >= 11 is 1.46. The van der Waals surface area contributed by atoms with Crippen molar-refractivity contribution in [2.75, 3.05) is 19.1 Å². The standard InChI is InChI=1S/C12H26N2O4S2/c1-8(2)6-10(14-20(5,17)18)12(16)13-9(3)11(7-15)19-4/h8-11,14-15H,6-7H2,1-5H3,(H,13,16). The molecule has 20 heavy (non-hydrogen) atoms. The number of carbonyl (C=O) groups is 1. The Morgan fingerprint density at radius 1 is 1.30 bits per heavy atom. The van der Waals surface area contributed by atoms with E-state index in [1.54, 1.807) is 6.92 Å². The molecule has 120 valence electrons. The molecule has 0 aliphatic carbocycles. The summed E-state index contributed by atoms with van der Waals surface area (Å²) in [4.78, 5) is 12.2. The summed E-state index contributed by atoms with van der Waals surface area (Å²) < 4.78 is 25.0. The van der Waals surface area contributed by atoms with E-state index in [9.17, 15) is 18.3 Å². The summed E-state index contributed by atoms with van der Waals surface area (Å²) in [6.07, 6.45) is 3.31. The summed E-state index contributed by atoms with van der Waals surface area (Å²) in [5.74, 6) is -0.173. The lowest BCUT2D eigenvalue weighted by Crippen LogP contribution is -2.51. The van der Waals surface area contributed by atoms with Crippen molar-refractivity contribution in [3.05, 3.63) is 0 Å². The van der Waals surface area contributed by atoms with E-state index in [0.717, 1.165) is 6.26 Å². The Morgan fingerprint density at radius 3 is 2.20 bits per heavy atom. The predicted octanol–water partition coefficient (Wildman–Crippen LogP) is 0.179. The summed E-state index contributed by atoms with van der Waals surface area (Å²) in [6.45, 7) is 5.59. The van der Waals surface area contributed by atoms with Crippen LogP contribution in [0.15, 0.2) is 0 Å². The maximum atomic E-state index is 12.2. The lowest BCUT2D eigenvalue weighted by molar-refractivity contribution is -0.123. The Labute approximate surface area is 126 Å². The molecular formula is C12H26N2O4S2. The lowest BCUT2D eigenvalue weighted by Gasteiger charge is -2.25. The van der Waals surface area contributed by atoms with Crippen molar-refractivity contribution in [3.8, 4) is 0 Å². The fourth-order valence-electron chi connectivity index (χ4n) is 1.79.